The van der Waals surface area contributed by atoms with Gasteiger partial charge in [-0.15, -0.1) is 0 Å². The second-order valence-electron chi connectivity index (χ2n) is 6.80. The van der Waals surface area contributed by atoms with Crippen molar-refractivity contribution in [2.45, 2.75) is 32.7 Å². The van der Waals surface area contributed by atoms with Crippen molar-refractivity contribution in [3.63, 3.8) is 0 Å². The van der Waals surface area contributed by atoms with Gasteiger partial charge in [-0.05, 0) is 56.0 Å². The average molecular weight is 389 g/mol. The summed E-state index contributed by atoms with van der Waals surface area (Å²) < 4.78 is 7.32. The standard InChI is InChI=1S/C14H17N3O.C8H6N2O/c1-10-9-15-14(18-2)8-12(10)13-7-11-5-3-4-6-17(11)16-13;9-5-6-2-1-3-7(4-6)8(10)11/h7-9H,3-6H2,1-2H3;1-4H,(H2,10,11). The predicted molar refractivity (Wildman–Crippen MR) is 109 cm³/mol. The molecule has 1 amide bonds. The lowest BCUT2D eigenvalue weighted by Gasteiger charge is -2.11. The molecule has 1 aliphatic heterocycles. The van der Waals surface area contributed by atoms with Gasteiger partial charge in [0.05, 0.1) is 24.4 Å². The van der Waals surface area contributed by atoms with Crippen LogP contribution in [0.15, 0.2) is 42.6 Å². The zero-order valence-corrected chi connectivity index (χ0v) is 16.6. The number of pyridine rings is 1. The van der Waals surface area contributed by atoms with Gasteiger partial charge < -0.3 is 10.5 Å². The number of carbonyl (C=O) groups excluding carboxylic acids is 1. The summed E-state index contributed by atoms with van der Waals surface area (Å²) in [6.45, 7) is 3.09. The molecular formula is C22H23N5O2. The Kier molecular flexibility index (Phi) is 6.25. The Morgan fingerprint density at radius 2 is 2.10 bits per heavy atom. The van der Waals surface area contributed by atoms with E-state index in [1.54, 1.807) is 25.3 Å². The highest BCUT2D eigenvalue weighted by Gasteiger charge is 2.15. The summed E-state index contributed by atoms with van der Waals surface area (Å²) in [5.41, 5.74) is 10.4. The molecule has 29 heavy (non-hydrogen) atoms. The highest BCUT2D eigenvalue weighted by atomic mass is 16.5. The topological polar surface area (TPSA) is 107 Å². The Morgan fingerprint density at radius 1 is 1.28 bits per heavy atom. The Morgan fingerprint density at radius 3 is 2.79 bits per heavy atom. The minimum atomic E-state index is -0.512. The number of primary amides is 1. The SMILES string of the molecule is COc1cc(-c2cc3n(n2)CCCC3)c(C)cn1.N#Cc1cccc(C(N)=O)c1. The van der Waals surface area contributed by atoms with Crippen LogP contribution in [-0.4, -0.2) is 27.8 Å². The van der Waals surface area contributed by atoms with Crippen LogP contribution in [-0.2, 0) is 13.0 Å². The van der Waals surface area contributed by atoms with Gasteiger partial charge in [0.15, 0.2) is 0 Å². The molecule has 3 aromatic rings. The van der Waals surface area contributed by atoms with Crippen LogP contribution in [0.5, 0.6) is 5.88 Å². The first-order valence-electron chi connectivity index (χ1n) is 9.39. The summed E-state index contributed by atoms with van der Waals surface area (Å²) in [6.07, 6.45) is 5.47. The summed E-state index contributed by atoms with van der Waals surface area (Å²) in [5.74, 6) is 0.128. The van der Waals surface area contributed by atoms with Crippen molar-refractivity contribution in [2.24, 2.45) is 5.73 Å². The third-order valence-electron chi connectivity index (χ3n) is 4.76. The molecule has 7 nitrogen and oxygen atoms in total. The zero-order valence-electron chi connectivity index (χ0n) is 16.6. The van der Waals surface area contributed by atoms with E-state index in [9.17, 15) is 4.79 Å². The normalized spacial score (nSPS) is 12.2. The van der Waals surface area contributed by atoms with E-state index in [1.807, 2.05) is 18.3 Å². The number of nitrogens with two attached hydrogens (primary N) is 1. The number of nitrogens with zero attached hydrogens (tertiary/aromatic N) is 4. The molecule has 7 heteroatoms. The number of nitriles is 1. The van der Waals surface area contributed by atoms with Crippen LogP contribution in [0.25, 0.3) is 11.3 Å². The Balaban J connectivity index is 0.000000188. The maximum atomic E-state index is 10.6. The molecule has 2 aromatic heterocycles. The molecule has 1 aliphatic rings. The maximum absolute atomic E-state index is 10.6. The van der Waals surface area contributed by atoms with Crippen molar-refractivity contribution in [2.75, 3.05) is 7.11 Å². The van der Waals surface area contributed by atoms with Crippen molar-refractivity contribution in [1.29, 1.82) is 5.26 Å². The summed E-state index contributed by atoms with van der Waals surface area (Å²) in [7, 11) is 1.64. The molecule has 4 rings (SSSR count). The molecule has 0 bridgehead atoms. The predicted octanol–water partition coefficient (Wildman–Crippen LogP) is 3.26. The van der Waals surface area contributed by atoms with E-state index in [1.165, 1.54) is 24.6 Å². The Hall–Kier alpha value is -3.66. The zero-order chi connectivity index (χ0) is 20.8. The molecule has 0 fully saturated rings. The molecule has 0 spiro atoms. The largest absolute Gasteiger partial charge is 0.481 e. The van der Waals surface area contributed by atoms with Crippen LogP contribution < -0.4 is 10.5 Å². The first-order chi connectivity index (χ1) is 14.0. The van der Waals surface area contributed by atoms with Gasteiger partial charge >= 0.3 is 0 Å². The first-order valence-corrected chi connectivity index (χ1v) is 9.39. The van der Waals surface area contributed by atoms with Crippen molar-refractivity contribution in [1.82, 2.24) is 14.8 Å². The number of hydrogen-bond donors (Lipinski definition) is 1. The third-order valence-corrected chi connectivity index (χ3v) is 4.76. The van der Waals surface area contributed by atoms with Gasteiger partial charge in [-0.2, -0.15) is 10.4 Å². The number of rotatable bonds is 3. The lowest BCUT2D eigenvalue weighted by Crippen LogP contribution is -2.10. The molecule has 0 atom stereocenters. The number of benzene rings is 1. The van der Waals surface area contributed by atoms with Gasteiger partial charge in [0.2, 0.25) is 11.8 Å². The smallest absolute Gasteiger partial charge is 0.248 e. The van der Waals surface area contributed by atoms with E-state index in [-0.39, 0.29) is 0 Å². The van der Waals surface area contributed by atoms with Crippen LogP contribution in [0.4, 0.5) is 0 Å². The van der Waals surface area contributed by atoms with E-state index in [0.717, 1.165) is 29.8 Å². The van der Waals surface area contributed by atoms with Crippen LogP contribution in [0, 0.1) is 18.3 Å². The van der Waals surface area contributed by atoms with Gasteiger partial charge in [0.1, 0.15) is 0 Å². The summed E-state index contributed by atoms with van der Waals surface area (Å²) in [4.78, 5) is 14.8. The summed E-state index contributed by atoms with van der Waals surface area (Å²) >= 11 is 0. The van der Waals surface area contributed by atoms with Gasteiger partial charge in [0.25, 0.3) is 0 Å². The lowest BCUT2D eigenvalue weighted by molar-refractivity contribution is 0.1000. The number of carbonyl (C=O) groups is 1. The second kappa shape index (κ2) is 9.02. The van der Waals surface area contributed by atoms with Crippen molar-refractivity contribution < 1.29 is 9.53 Å². The highest BCUT2D eigenvalue weighted by Crippen LogP contribution is 2.27. The fourth-order valence-corrected chi connectivity index (χ4v) is 3.18. The minimum absolute atomic E-state index is 0.365. The summed E-state index contributed by atoms with van der Waals surface area (Å²) in [6, 6.07) is 12.3. The van der Waals surface area contributed by atoms with Crippen molar-refractivity contribution >= 4 is 5.91 Å². The number of ether oxygens (including phenoxy) is 1. The van der Waals surface area contributed by atoms with E-state index in [2.05, 4.69) is 22.7 Å². The van der Waals surface area contributed by atoms with Gasteiger partial charge in [-0.3, -0.25) is 9.48 Å². The molecule has 1 aromatic carbocycles. The molecule has 0 saturated carbocycles. The average Bonchev–Trinajstić information content (AvgIpc) is 3.18. The molecule has 0 saturated heterocycles. The molecule has 0 aliphatic carbocycles. The Bertz CT molecular complexity index is 1040. The monoisotopic (exact) mass is 389 g/mol. The first kappa shape index (κ1) is 20.1. The van der Waals surface area contributed by atoms with Crippen LogP contribution in [0.3, 0.4) is 0 Å². The number of methoxy groups -OCH3 is 1. The number of amides is 1. The molecule has 0 unspecified atom stereocenters. The second-order valence-corrected chi connectivity index (χ2v) is 6.80. The van der Waals surface area contributed by atoms with Gasteiger partial charge in [-0.25, -0.2) is 4.98 Å². The highest BCUT2D eigenvalue weighted by molar-refractivity contribution is 5.93. The number of aryl methyl sites for hydroxylation is 3. The fraction of sp³-hybridized carbons (Fsp3) is 0.273. The maximum Gasteiger partial charge on any atom is 0.248 e. The lowest BCUT2D eigenvalue weighted by atomic mass is 10.1. The molecular weight excluding hydrogens is 366 g/mol. The van der Waals surface area contributed by atoms with Crippen LogP contribution in [0.1, 0.15) is 40.0 Å². The number of fused-ring (bicyclic) bond motifs is 1. The van der Waals surface area contributed by atoms with Crippen molar-refractivity contribution in [3.05, 3.63) is 65.0 Å². The Labute approximate surface area is 169 Å². The van der Waals surface area contributed by atoms with E-state index in [4.69, 9.17) is 20.8 Å². The van der Waals surface area contributed by atoms with Gasteiger partial charge in [0, 0.05) is 35.6 Å². The molecule has 3 heterocycles. The number of hydrogen-bond acceptors (Lipinski definition) is 5. The molecule has 0 radical (unpaired) electrons. The van der Waals surface area contributed by atoms with Crippen LogP contribution in [0.2, 0.25) is 0 Å². The number of aromatic nitrogens is 3. The third kappa shape index (κ3) is 4.79. The van der Waals surface area contributed by atoms with E-state index < -0.39 is 5.91 Å². The van der Waals surface area contributed by atoms with E-state index in [0.29, 0.717) is 17.0 Å². The quantitative estimate of drug-likeness (QED) is 0.740. The minimum Gasteiger partial charge on any atom is -0.481 e. The van der Waals surface area contributed by atoms with Crippen molar-refractivity contribution in [3.8, 4) is 23.2 Å². The van der Waals surface area contributed by atoms with Crippen LogP contribution >= 0.6 is 0 Å². The van der Waals surface area contributed by atoms with E-state index >= 15 is 0 Å². The fourth-order valence-electron chi connectivity index (χ4n) is 3.18. The summed E-state index contributed by atoms with van der Waals surface area (Å²) in [5, 5.41) is 13.1. The van der Waals surface area contributed by atoms with Gasteiger partial charge in [-0.1, -0.05) is 6.07 Å². The molecule has 2 N–H and O–H groups in total. The molecule has 148 valence electrons.